The lowest BCUT2D eigenvalue weighted by Crippen LogP contribution is -2.26. The standard InChI is InChI=1S/C22H25ClN2O/c1-2-3-6-13-24-22(26)14-18-16-25(21-8-5-4-7-20(18)21)15-17-9-11-19(23)12-10-17/h4-5,7-12,16H,2-3,6,13-15H2,1H3,(H,24,26). The van der Waals surface area contributed by atoms with E-state index in [1.165, 1.54) is 5.56 Å². The molecular weight excluding hydrogens is 344 g/mol. The fourth-order valence-corrected chi connectivity index (χ4v) is 3.35. The Morgan fingerprint density at radius 3 is 2.62 bits per heavy atom. The molecule has 1 aromatic heterocycles. The zero-order chi connectivity index (χ0) is 18.4. The number of carbonyl (C=O) groups is 1. The molecule has 0 radical (unpaired) electrons. The van der Waals surface area contributed by atoms with Gasteiger partial charge in [-0.15, -0.1) is 0 Å². The average molecular weight is 369 g/mol. The molecule has 1 N–H and O–H groups in total. The van der Waals surface area contributed by atoms with Crippen LogP contribution in [0.5, 0.6) is 0 Å². The van der Waals surface area contributed by atoms with Crippen molar-refractivity contribution in [1.29, 1.82) is 0 Å². The predicted molar refractivity (Wildman–Crippen MR) is 109 cm³/mol. The first-order chi connectivity index (χ1) is 12.7. The van der Waals surface area contributed by atoms with Gasteiger partial charge in [0.15, 0.2) is 0 Å². The summed E-state index contributed by atoms with van der Waals surface area (Å²) in [6.07, 6.45) is 5.88. The molecule has 0 saturated carbocycles. The fourth-order valence-electron chi connectivity index (χ4n) is 3.22. The fraction of sp³-hybridized carbons (Fsp3) is 0.318. The van der Waals surface area contributed by atoms with E-state index >= 15 is 0 Å². The number of hydrogen-bond acceptors (Lipinski definition) is 1. The molecule has 0 aliphatic heterocycles. The van der Waals surface area contributed by atoms with E-state index in [2.05, 4.69) is 35.1 Å². The van der Waals surface area contributed by atoms with Crippen LogP contribution in [0.2, 0.25) is 5.02 Å². The van der Waals surface area contributed by atoms with Gasteiger partial charge in [-0.2, -0.15) is 0 Å². The minimum Gasteiger partial charge on any atom is -0.356 e. The average Bonchev–Trinajstić information content (AvgIpc) is 2.98. The Bertz CT molecular complexity index is 867. The van der Waals surface area contributed by atoms with Gasteiger partial charge in [0.2, 0.25) is 5.91 Å². The lowest BCUT2D eigenvalue weighted by atomic mass is 10.1. The van der Waals surface area contributed by atoms with Crippen molar-refractivity contribution >= 4 is 28.4 Å². The van der Waals surface area contributed by atoms with Crippen LogP contribution in [-0.2, 0) is 17.8 Å². The highest BCUT2D eigenvalue weighted by atomic mass is 35.5. The number of aromatic nitrogens is 1. The third kappa shape index (κ3) is 4.67. The number of halogens is 1. The number of nitrogens with one attached hydrogen (secondary N) is 1. The highest BCUT2D eigenvalue weighted by Gasteiger charge is 2.12. The summed E-state index contributed by atoms with van der Waals surface area (Å²) < 4.78 is 2.21. The maximum atomic E-state index is 12.3. The van der Waals surface area contributed by atoms with Gasteiger partial charge in [0.1, 0.15) is 0 Å². The summed E-state index contributed by atoms with van der Waals surface area (Å²) in [5.41, 5.74) is 3.41. The molecule has 26 heavy (non-hydrogen) atoms. The smallest absolute Gasteiger partial charge is 0.224 e. The summed E-state index contributed by atoms with van der Waals surface area (Å²) >= 11 is 5.98. The van der Waals surface area contributed by atoms with E-state index in [0.717, 1.165) is 53.8 Å². The number of amides is 1. The van der Waals surface area contributed by atoms with Crippen LogP contribution < -0.4 is 5.32 Å². The van der Waals surface area contributed by atoms with Crippen molar-refractivity contribution in [3.05, 3.63) is 70.9 Å². The Morgan fingerprint density at radius 1 is 1.08 bits per heavy atom. The molecule has 0 aliphatic carbocycles. The van der Waals surface area contributed by atoms with Gasteiger partial charge in [0, 0.05) is 35.2 Å². The monoisotopic (exact) mass is 368 g/mol. The summed E-state index contributed by atoms with van der Waals surface area (Å²) in [4.78, 5) is 12.3. The summed E-state index contributed by atoms with van der Waals surface area (Å²) in [7, 11) is 0. The third-order valence-corrected chi connectivity index (χ3v) is 4.84. The van der Waals surface area contributed by atoms with Crippen molar-refractivity contribution < 1.29 is 4.79 Å². The molecule has 0 aliphatic rings. The number of fused-ring (bicyclic) bond motifs is 1. The largest absolute Gasteiger partial charge is 0.356 e. The van der Waals surface area contributed by atoms with Crippen LogP contribution in [0.15, 0.2) is 54.7 Å². The van der Waals surface area contributed by atoms with Crippen LogP contribution in [0.3, 0.4) is 0 Å². The van der Waals surface area contributed by atoms with Gasteiger partial charge >= 0.3 is 0 Å². The Labute approximate surface area is 160 Å². The molecule has 1 amide bonds. The normalized spacial score (nSPS) is 11.0. The van der Waals surface area contributed by atoms with Crippen molar-refractivity contribution in [2.24, 2.45) is 0 Å². The van der Waals surface area contributed by atoms with E-state index in [4.69, 9.17) is 11.6 Å². The van der Waals surface area contributed by atoms with Crippen molar-refractivity contribution in [3.8, 4) is 0 Å². The zero-order valence-electron chi connectivity index (χ0n) is 15.2. The van der Waals surface area contributed by atoms with Gasteiger partial charge in [-0.25, -0.2) is 0 Å². The number of hydrogen-bond donors (Lipinski definition) is 1. The highest BCUT2D eigenvalue weighted by Crippen LogP contribution is 2.23. The molecule has 0 fully saturated rings. The Kier molecular flexibility index (Phi) is 6.35. The Hall–Kier alpha value is -2.26. The van der Waals surface area contributed by atoms with Gasteiger partial charge in [-0.05, 0) is 35.7 Å². The maximum absolute atomic E-state index is 12.3. The van der Waals surface area contributed by atoms with Crippen LogP contribution in [0.1, 0.15) is 37.3 Å². The van der Waals surface area contributed by atoms with E-state index in [-0.39, 0.29) is 5.91 Å². The van der Waals surface area contributed by atoms with E-state index in [1.807, 2.05) is 36.4 Å². The molecular formula is C22H25ClN2O. The lowest BCUT2D eigenvalue weighted by molar-refractivity contribution is -0.120. The number of rotatable bonds is 8. The molecule has 0 unspecified atom stereocenters. The Balaban J connectivity index is 1.76. The van der Waals surface area contributed by atoms with E-state index < -0.39 is 0 Å². The third-order valence-electron chi connectivity index (χ3n) is 4.59. The highest BCUT2D eigenvalue weighted by molar-refractivity contribution is 6.30. The van der Waals surface area contributed by atoms with E-state index in [9.17, 15) is 4.79 Å². The number of nitrogens with zero attached hydrogens (tertiary/aromatic N) is 1. The maximum Gasteiger partial charge on any atom is 0.224 e. The first kappa shape index (κ1) is 18.5. The lowest BCUT2D eigenvalue weighted by Gasteiger charge is -2.05. The van der Waals surface area contributed by atoms with Crippen LogP contribution in [0.25, 0.3) is 10.9 Å². The molecule has 0 saturated heterocycles. The van der Waals surface area contributed by atoms with Gasteiger partial charge < -0.3 is 9.88 Å². The van der Waals surface area contributed by atoms with Gasteiger partial charge in [-0.3, -0.25) is 4.79 Å². The van der Waals surface area contributed by atoms with Gasteiger partial charge in [0.25, 0.3) is 0 Å². The first-order valence-corrected chi connectivity index (χ1v) is 9.63. The number of benzene rings is 2. The molecule has 1 heterocycles. The summed E-state index contributed by atoms with van der Waals surface area (Å²) in [5, 5.41) is 4.92. The van der Waals surface area contributed by atoms with Crippen molar-refractivity contribution in [2.45, 2.75) is 39.2 Å². The quantitative estimate of drug-likeness (QED) is 0.545. The topological polar surface area (TPSA) is 34.0 Å². The van der Waals surface area contributed by atoms with Crippen molar-refractivity contribution in [1.82, 2.24) is 9.88 Å². The first-order valence-electron chi connectivity index (χ1n) is 9.25. The molecule has 136 valence electrons. The molecule has 3 rings (SSSR count). The second-order valence-electron chi connectivity index (χ2n) is 6.66. The van der Waals surface area contributed by atoms with Crippen LogP contribution in [-0.4, -0.2) is 17.0 Å². The molecule has 3 nitrogen and oxygen atoms in total. The van der Waals surface area contributed by atoms with Gasteiger partial charge in [-0.1, -0.05) is 61.7 Å². The number of carbonyl (C=O) groups excluding carboxylic acids is 1. The molecule has 0 atom stereocenters. The Morgan fingerprint density at radius 2 is 1.85 bits per heavy atom. The molecule has 0 spiro atoms. The van der Waals surface area contributed by atoms with Crippen LogP contribution in [0.4, 0.5) is 0 Å². The molecule has 4 heteroatoms. The molecule has 0 bridgehead atoms. The second-order valence-corrected chi connectivity index (χ2v) is 7.10. The SMILES string of the molecule is CCCCCNC(=O)Cc1cn(Cc2ccc(Cl)cc2)c2ccccc12. The number of para-hydroxylation sites is 1. The van der Waals surface area contributed by atoms with E-state index in [0.29, 0.717) is 6.42 Å². The van der Waals surface area contributed by atoms with Gasteiger partial charge in [0.05, 0.1) is 6.42 Å². The number of unbranched alkanes of at least 4 members (excludes halogenated alkanes) is 2. The summed E-state index contributed by atoms with van der Waals surface area (Å²) in [5.74, 6) is 0.0931. The van der Waals surface area contributed by atoms with E-state index in [1.54, 1.807) is 0 Å². The van der Waals surface area contributed by atoms with Crippen molar-refractivity contribution in [3.63, 3.8) is 0 Å². The molecule has 3 aromatic rings. The zero-order valence-corrected chi connectivity index (χ0v) is 15.9. The summed E-state index contributed by atoms with van der Waals surface area (Å²) in [6.45, 7) is 3.68. The molecule has 2 aromatic carbocycles. The van der Waals surface area contributed by atoms with Crippen LogP contribution >= 0.6 is 11.6 Å². The van der Waals surface area contributed by atoms with Crippen LogP contribution in [0, 0.1) is 0 Å². The minimum absolute atomic E-state index is 0.0931. The summed E-state index contributed by atoms with van der Waals surface area (Å²) in [6, 6.07) is 16.2. The predicted octanol–water partition coefficient (Wildman–Crippen LogP) is 5.19. The van der Waals surface area contributed by atoms with Crippen molar-refractivity contribution in [2.75, 3.05) is 6.54 Å². The minimum atomic E-state index is 0.0931. The second kappa shape index (κ2) is 8.91.